The molecule has 2 aliphatic heterocycles. The van der Waals surface area contributed by atoms with Crippen LogP contribution in [0.25, 0.3) is 0 Å². The second kappa shape index (κ2) is 5.30. The van der Waals surface area contributed by atoms with Crippen LogP contribution >= 0.6 is 0 Å². The Bertz CT molecular complexity index is 490. The Morgan fingerprint density at radius 1 is 1.35 bits per heavy atom. The molecule has 0 saturated carbocycles. The third kappa shape index (κ3) is 2.57. The second-order valence-electron chi connectivity index (χ2n) is 5.48. The molecule has 1 aromatic rings. The van der Waals surface area contributed by atoms with Crippen molar-refractivity contribution >= 4 is 11.7 Å². The number of aliphatic hydroxyl groups excluding tert-OH is 1. The molecule has 2 aliphatic rings. The van der Waals surface area contributed by atoms with Gasteiger partial charge in [-0.2, -0.15) is 0 Å². The van der Waals surface area contributed by atoms with E-state index >= 15 is 0 Å². The SMILES string of the molecule is Nc1ccc(C(O)CN2CCN3C(=O)NCC3C2)cc1. The van der Waals surface area contributed by atoms with E-state index in [4.69, 9.17) is 5.73 Å². The molecular weight excluding hydrogens is 256 g/mol. The first-order valence-corrected chi connectivity index (χ1v) is 6.94. The van der Waals surface area contributed by atoms with Gasteiger partial charge in [0.1, 0.15) is 0 Å². The number of rotatable bonds is 3. The molecule has 108 valence electrons. The number of fused-ring (bicyclic) bond motifs is 1. The fraction of sp³-hybridized carbons (Fsp3) is 0.500. The summed E-state index contributed by atoms with van der Waals surface area (Å²) in [6, 6.07) is 7.59. The molecule has 20 heavy (non-hydrogen) atoms. The Hall–Kier alpha value is -1.79. The van der Waals surface area contributed by atoms with Crippen molar-refractivity contribution in [2.45, 2.75) is 12.1 Å². The maximum atomic E-state index is 11.5. The molecule has 6 nitrogen and oxygen atoms in total. The second-order valence-corrected chi connectivity index (χ2v) is 5.48. The van der Waals surface area contributed by atoms with E-state index in [1.165, 1.54) is 0 Å². The van der Waals surface area contributed by atoms with Crippen molar-refractivity contribution in [1.29, 1.82) is 0 Å². The van der Waals surface area contributed by atoms with Gasteiger partial charge in [0, 0.05) is 38.4 Å². The molecule has 3 rings (SSSR count). The van der Waals surface area contributed by atoms with Crippen molar-refractivity contribution in [1.82, 2.24) is 15.1 Å². The van der Waals surface area contributed by atoms with Crippen LogP contribution in [0.3, 0.4) is 0 Å². The molecule has 0 aromatic heterocycles. The summed E-state index contributed by atoms with van der Waals surface area (Å²) < 4.78 is 0. The van der Waals surface area contributed by atoms with Gasteiger partial charge in [0.05, 0.1) is 12.1 Å². The van der Waals surface area contributed by atoms with Crippen LogP contribution in [0.4, 0.5) is 10.5 Å². The minimum atomic E-state index is -0.521. The molecule has 2 atom stereocenters. The molecule has 0 radical (unpaired) electrons. The molecule has 0 spiro atoms. The van der Waals surface area contributed by atoms with E-state index in [2.05, 4.69) is 10.2 Å². The van der Waals surface area contributed by atoms with Crippen LogP contribution in [0.5, 0.6) is 0 Å². The molecule has 0 aliphatic carbocycles. The first-order valence-electron chi connectivity index (χ1n) is 6.94. The molecule has 4 N–H and O–H groups in total. The van der Waals surface area contributed by atoms with Crippen LogP contribution in [-0.4, -0.2) is 59.7 Å². The summed E-state index contributed by atoms with van der Waals surface area (Å²) in [5.74, 6) is 0. The Labute approximate surface area is 118 Å². The number of aliphatic hydroxyl groups is 1. The molecule has 2 amide bonds. The van der Waals surface area contributed by atoms with E-state index in [0.717, 1.165) is 25.2 Å². The Kier molecular flexibility index (Phi) is 3.50. The number of nitrogens with two attached hydrogens (primary N) is 1. The van der Waals surface area contributed by atoms with Gasteiger partial charge in [-0.15, -0.1) is 0 Å². The van der Waals surface area contributed by atoms with E-state index in [9.17, 15) is 9.90 Å². The summed E-state index contributed by atoms with van der Waals surface area (Å²) in [6.45, 7) is 3.63. The number of benzene rings is 1. The highest BCUT2D eigenvalue weighted by molar-refractivity contribution is 5.77. The van der Waals surface area contributed by atoms with Crippen LogP contribution in [0.15, 0.2) is 24.3 Å². The summed E-state index contributed by atoms with van der Waals surface area (Å²) in [5.41, 5.74) is 7.22. The number of hydrogen-bond acceptors (Lipinski definition) is 4. The van der Waals surface area contributed by atoms with Crippen molar-refractivity contribution in [2.24, 2.45) is 0 Å². The fourth-order valence-corrected chi connectivity index (χ4v) is 2.90. The van der Waals surface area contributed by atoms with Gasteiger partial charge in [-0.1, -0.05) is 12.1 Å². The summed E-state index contributed by atoms with van der Waals surface area (Å²) in [7, 11) is 0. The molecule has 0 bridgehead atoms. The first-order chi connectivity index (χ1) is 9.63. The Balaban J connectivity index is 1.58. The number of anilines is 1. The number of β-amino-alcohol motifs (C(OH)–C–C–N with tert-alkyl or cyclic N) is 1. The zero-order valence-corrected chi connectivity index (χ0v) is 11.3. The van der Waals surface area contributed by atoms with E-state index in [-0.39, 0.29) is 12.1 Å². The molecule has 2 fully saturated rings. The van der Waals surface area contributed by atoms with Crippen molar-refractivity contribution in [3.63, 3.8) is 0 Å². The highest BCUT2D eigenvalue weighted by atomic mass is 16.3. The predicted molar refractivity (Wildman–Crippen MR) is 76.1 cm³/mol. The number of carbonyl (C=O) groups is 1. The average Bonchev–Trinajstić information content (AvgIpc) is 2.81. The fourth-order valence-electron chi connectivity index (χ4n) is 2.90. The number of urea groups is 1. The zero-order chi connectivity index (χ0) is 14.1. The molecule has 6 heteroatoms. The van der Waals surface area contributed by atoms with Gasteiger partial charge in [-0.25, -0.2) is 4.79 Å². The zero-order valence-electron chi connectivity index (χ0n) is 11.3. The summed E-state index contributed by atoms with van der Waals surface area (Å²) in [5, 5.41) is 13.1. The minimum Gasteiger partial charge on any atom is -0.399 e. The van der Waals surface area contributed by atoms with Crippen molar-refractivity contribution in [3.8, 4) is 0 Å². The number of piperazine rings is 1. The van der Waals surface area contributed by atoms with Gasteiger partial charge in [0.15, 0.2) is 0 Å². The normalized spacial score (nSPS) is 24.4. The number of amides is 2. The largest absolute Gasteiger partial charge is 0.399 e. The van der Waals surface area contributed by atoms with Crippen molar-refractivity contribution < 1.29 is 9.90 Å². The summed E-state index contributed by atoms with van der Waals surface area (Å²) >= 11 is 0. The van der Waals surface area contributed by atoms with Gasteiger partial charge in [0.25, 0.3) is 0 Å². The van der Waals surface area contributed by atoms with Crippen LogP contribution in [0, 0.1) is 0 Å². The minimum absolute atomic E-state index is 0.0359. The van der Waals surface area contributed by atoms with Gasteiger partial charge in [-0.05, 0) is 17.7 Å². The molecule has 1 aromatic carbocycles. The van der Waals surface area contributed by atoms with Gasteiger partial charge >= 0.3 is 6.03 Å². The third-order valence-electron chi connectivity index (χ3n) is 4.07. The lowest BCUT2D eigenvalue weighted by Crippen LogP contribution is -2.52. The number of hydrogen-bond donors (Lipinski definition) is 3. The maximum Gasteiger partial charge on any atom is 0.317 e. The van der Waals surface area contributed by atoms with Crippen LogP contribution in [0.1, 0.15) is 11.7 Å². The van der Waals surface area contributed by atoms with E-state index in [1.807, 2.05) is 17.0 Å². The van der Waals surface area contributed by atoms with Crippen molar-refractivity contribution in [2.75, 3.05) is 38.5 Å². The summed E-state index contributed by atoms with van der Waals surface area (Å²) in [6.07, 6.45) is -0.521. The Morgan fingerprint density at radius 3 is 2.85 bits per heavy atom. The number of nitrogens with one attached hydrogen (secondary N) is 1. The highest BCUT2D eigenvalue weighted by Gasteiger charge is 2.35. The Morgan fingerprint density at radius 2 is 2.10 bits per heavy atom. The van der Waals surface area contributed by atoms with Crippen LogP contribution < -0.4 is 11.1 Å². The average molecular weight is 276 g/mol. The van der Waals surface area contributed by atoms with E-state index in [1.54, 1.807) is 12.1 Å². The quantitative estimate of drug-likeness (QED) is 0.679. The predicted octanol–water partition coefficient (Wildman–Crippen LogP) is 0.0116. The van der Waals surface area contributed by atoms with Gasteiger partial charge in [0.2, 0.25) is 0 Å². The molecule has 2 heterocycles. The smallest absolute Gasteiger partial charge is 0.317 e. The molecular formula is C14H20N4O2. The number of nitrogen functional groups attached to an aromatic ring is 1. The first kappa shape index (κ1) is 13.2. The standard InChI is InChI=1S/C14H20N4O2/c15-11-3-1-10(2-4-11)13(19)9-17-5-6-18-12(8-17)7-16-14(18)20/h1-4,12-13,19H,5-9,15H2,(H,16,20). The monoisotopic (exact) mass is 276 g/mol. The lowest BCUT2D eigenvalue weighted by molar-refractivity contribution is 0.0680. The summed E-state index contributed by atoms with van der Waals surface area (Å²) in [4.78, 5) is 15.6. The van der Waals surface area contributed by atoms with Crippen LogP contribution in [-0.2, 0) is 0 Å². The number of carbonyl (C=O) groups excluding carboxylic acids is 1. The van der Waals surface area contributed by atoms with Gasteiger partial charge < -0.3 is 21.1 Å². The molecule has 2 saturated heterocycles. The molecule has 2 unspecified atom stereocenters. The van der Waals surface area contributed by atoms with Crippen LogP contribution in [0.2, 0.25) is 0 Å². The maximum absolute atomic E-state index is 11.5. The number of nitrogens with zero attached hydrogens (tertiary/aromatic N) is 2. The van der Waals surface area contributed by atoms with Gasteiger partial charge in [-0.3, -0.25) is 4.90 Å². The van der Waals surface area contributed by atoms with Crippen molar-refractivity contribution in [3.05, 3.63) is 29.8 Å². The lowest BCUT2D eigenvalue weighted by atomic mass is 10.1. The lowest BCUT2D eigenvalue weighted by Gasteiger charge is -2.37. The third-order valence-corrected chi connectivity index (χ3v) is 4.07. The van der Waals surface area contributed by atoms with E-state index in [0.29, 0.717) is 18.8 Å². The van der Waals surface area contributed by atoms with E-state index < -0.39 is 6.10 Å². The topological polar surface area (TPSA) is 81.8 Å². The highest BCUT2D eigenvalue weighted by Crippen LogP contribution is 2.19.